The molecule has 1 aromatic carbocycles. The summed E-state index contributed by atoms with van der Waals surface area (Å²) >= 11 is 0. The molecule has 7 nitrogen and oxygen atoms in total. The largest absolute Gasteiger partial charge is 0.466 e. The van der Waals surface area contributed by atoms with E-state index < -0.39 is 27.3 Å². The van der Waals surface area contributed by atoms with E-state index in [2.05, 4.69) is 0 Å². The van der Waals surface area contributed by atoms with Crippen LogP contribution in [0.15, 0.2) is 29.2 Å². The van der Waals surface area contributed by atoms with Gasteiger partial charge in [0, 0.05) is 5.92 Å². The highest BCUT2D eigenvalue weighted by molar-refractivity contribution is 7.89. The lowest BCUT2D eigenvalue weighted by Crippen LogP contribution is -2.51. The zero-order valence-corrected chi connectivity index (χ0v) is 20.8. The number of ether oxygens (including phenoxy) is 2. The predicted octanol–water partition coefficient (Wildman–Crippen LogP) is 4.71. The molecule has 0 unspecified atom stereocenters. The zero-order chi connectivity index (χ0) is 24.0. The van der Waals surface area contributed by atoms with Gasteiger partial charge >= 0.3 is 12.1 Å². The number of carbonyl (C=O) groups is 2. The quantitative estimate of drug-likeness (QED) is 0.600. The van der Waals surface area contributed by atoms with Gasteiger partial charge in [-0.2, -0.15) is 4.31 Å². The number of hydrogen-bond donors (Lipinski definition) is 0. The molecule has 0 bridgehead atoms. The highest BCUT2D eigenvalue weighted by atomic mass is 32.2. The van der Waals surface area contributed by atoms with Crippen LogP contribution < -0.4 is 0 Å². The minimum absolute atomic E-state index is 0.0109. The molecule has 1 aromatic rings. The van der Waals surface area contributed by atoms with Crippen molar-refractivity contribution in [2.75, 3.05) is 6.61 Å². The Morgan fingerprint density at radius 3 is 1.97 bits per heavy atom. The topological polar surface area (TPSA) is 90.0 Å². The second-order valence-electron chi connectivity index (χ2n) is 10.5. The van der Waals surface area contributed by atoms with Crippen LogP contribution >= 0.6 is 0 Å². The number of rotatable bonds is 5. The molecular weight excluding hydrogens is 418 g/mol. The van der Waals surface area contributed by atoms with Gasteiger partial charge in [-0.3, -0.25) is 4.79 Å². The Bertz CT molecular complexity index is 936. The van der Waals surface area contributed by atoms with Crippen molar-refractivity contribution in [1.29, 1.82) is 0 Å². The second kappa shape index (κ2) is 8.11. The Balaban J connectivity index is 2.35. The van der Waals surface area contributed by atoms with E-state index in [1.54, 1.807) is 60.6 Å². The predicted molar refractivity (Wildman–Crippen MR) is 118 cm³/mol. The van der Waals surface area contributed by atoms with E-state index in [1.165, 1.54) is 12.1 Å². The van der Waals surface area contributed by atoms with E-state index in [0.29, 0.717) is 6.61 Å². The summed E-state index contributed by atoms with van der Waals surface area (Å²) in [4.78, 5) is 25.0. The Hall–Kier alpha value is -2.09. The fraction of sp³-hybridized carbons (Fsp3) is 0.652. The van der Waals surface area contributed by atoms with Gasteiger partial charge in [0.2, 0.25) is 0 Å². The van der Waals surface area contributed by atoms with Gasteiger partial charge in [-0.1, -0.05) is 26.0 Å². The van der Waals surface area contributed by atoms with Crippen molar-refractivity contribution in [3.05, 3.63) is 29.8 Å². The molecule has 1 aliphatic carbocycles. The number of hydrogen-bond acceptors (Lipinski definition) is 6. The van der Waals surface area contributed by atoms with Crippen molar-refractivity contribution in [1.82, 2.24) is 4.31 Å². The Labute approximate surface area is 186 Å². The van der Waals surface area contributed by atoms with E-state index in [4.69, 9.17) is 9.47 Å². The van der Waals surface area contributed by atoms with Crippen LogP contribution in [0, 0.1) is 11.3 Å². The summed E-state index contributed by atoms with van der Waals surface area (Å²) in [5, 5.41) is 0. The molecular formula is C23H35NO6S. The first-order valence-electron chi connectivity index (χ1n) is 10.5. The lowest BCUT2D eigenvalue weighted by Gasteiger charge is -2.35. The van der Waals surface area contributed by atoms with Crippen LogP contribution in [0.2, 0.25) is 0 Å². The minimum Gasteiger partial charge on any atom is -0.466 e. The van der Waals surface area contributed by atoms with Crippen molar-refractivity contribution in [3.8, 4) is 0 Å². The molecule has 174 valence electrons. The van der Waals surface area contributed by atoms with E-state index in [1.807, 2.05) is 13.8 Å². The Kier molecular flexibility index (Phi) is 6.59. The van der Waals surface area contributed by atoms with Gasteiger partial charge < -0.3 is 9.47 Å². The van der Waals surface area contributed by atoms with Crippen LogP contribution in [0.3, 0.4) is 0 Å². The normalized spacial score (nSPS) is 20.7. The van der Waals surface area contributed by atoms with Gasteiger partial charge in [0.1, 0.15) is 5.60 Å². The van der Waals surface area contributed by atoms with Gasteiger partial charge in [-0.15, -0.1) is 0 Å². The lowest BCUT2D eigenvalue weighted by molar-refractivity contribution is -0.145. The van der Waals surface area contributed by atoms with Gasteiger partial charge in [0.25, 0.3) is 10.0 Å². The lowest BCUT2D eigenvalue weighted by atomic mass is 10.0. The molecule has 0 saturated heterocycles. The van der Waals surface area contributed by atoms with E-state index in [0.717, 1.165) is 9.87 Å². The van der Waals surface area contributed by atoms with Crippen LogP contribution in [0.1, 0.15) is 73.8 Å². The van der Waals surface area contributed by atoms with Gasteiger partial charge in [0.15, 0.2) is 0 Å². The molecule has 0 radical (unpaired) electrons. The average molecular weight is 454 g/mol. The summed E-state index contributed by atoms with van der Waals surface area (Å²) in [6.07, 6.45) is -0.922. The molecule has 1 aliphatic rings. The number of sulfonamides is 1. The minimum atomic E-state index is -4.15. The number of amides is 1. The standard InChI is InChI=1S/C23H35NO6S/c1-10-29-19(25)18-17(23(18,8)9)15-11-13-16(14-12-15)31(27,28)24(21(2,3)4)20(26)30-22(5,6)7/h11-14,17-18H,10H2,1-9H3/t17-,18+/m0/s1. The Morgan fingerprint density at radius 2 is 1.55 bits per heavy atom. The monoisotopic (exact) mass is 453 g/mol. The number of carbonyl (C=O) groups excluding carboxylic acids is 2. The SMILES string of the molecule is CCOC(=O)[C@H]1[C@H](c2ccc(S(=O)(=O)N(C(=O)OC(C)(C)C)C(C)(C)C)cc2)C1(C)C. The molecule has 31 heavy (non-hydrogen) atoms. The third-order valence-corrected chi connectivity index (χ3v) is 7.36. The van der Waals surface area contributed by atoms with Crippen LogP contribution in [-0.2, 0) is 24.3 Å². The highest BCUT2D eigenvalue weighted by Crippen LogP contribution is 2.64. The van der Waals surface area contributed by atoms with Crippen molar-refractivity contribution in [2.24, 2.45) is 11.3 Å². The zero-order valence-electron chi connectivity index (χ0n) is 20.0. The van der Waals surface area contributed by atoms with Crippen molar-refractivity contribution in [3.63, 3.8) is 0 Å². The smallest absolute Gasteiger partial charge is 0.424 e. The molecule has 2 atom stereocenters. The second-order valence-corrected chi connectivity index (χ2v) is 12.3. The fourth-order valence-electron chi connectivity index (χ4n) is 3.92. The first kappa shape index (κ1) is 25.2. The first-order valence-corrected chi connectivity index (χ1v) is 11.9. The van der Waals surface area contributed by atoms with Crippen LogP contribution in [0.4, 0.5) is 4.79 Å². The molecule has 0 spiro atoms. The number of nitrogens with zero attached hydrogens (tertiary/aromatic N) is 1. The van der Waals surface area contributed by atoms with E-state index >= 15 is 0 Å². The van der Waals surface area contributed by atoms with Crippen LogP contribution in [0.5, 0.6) is 0 Å². The van der Waals surface area contributed by atoms with Gasteiger partial charge in [-0.05, 0) is 71.6 Å². The van der Waals surface area contributed by atoms with Crippen LogP contribution in [-0.4, -0.2) is 42.5 Å². The molecule has 0 aromatic heterocycles. The summed E-state index contributed by atoms with van der Waals surface area (Å²) < 4.78 is 38.0. The summed E-state index contributed by atoms with van der Waals surface area (Å²) in [6, 6.07) is 6.36. The average Bonchev–Trinajstić information content (AvgIpc) is 3.14. The molecule has 1 fully saturated rings. The number of esters is 1. The number of benzene rings is 1. The summed E-state index contributed by atoms with van der Waals surface area (Å²) in [6.45, 7) is 16.1. The van der Waals surface area contributed by atoms with E-state index in [-0.39, 0.29) is 28.1 Å². The van der Waals surface area contributed by atoms with Crippen LogP contribution in [0.25, 0.3) is 0 Å². The molecule has 1 amide bonds. The summed E-state index contributed by atoms with van der Waals surface area (Å²) in [7, 11) is -4.15. The fourth-order valence-corrected chi connectivity index (χ4v) is 5.57. The third kappa shape index (κ3) is 5.22. The van der Waals surface area contributed by atoms with E-state index in [9.17, 15) is 18.0 Å². The van der Waals surface area contributed by atoms with Crippen molar-refractivity contribution >= 4 is 22.1 Å². The maximum Gasteiger partial charge on any atom is 0.424 e. The van der Waals surface area contributed by atoms with Gasteiger partial charge in [-0.25, -0.2) is 13.2 Å². The van der Waals surface area contributed by atoms with Crippen molar-refractivity contribution < 1.29 is 27.5 Å². The molecule has 2 rings (SSSR count). The molecule has 1 saturated carbocycles. The highest BCUT2D eigenvalue weighted by Gasteiger charge is 2.63. The molecule has 0 heterocycles. The summed E-state index contributed by atoms with van der Waals surface area (Å²) in [5.74, 6) is -0.548. The maximum atomic E-state index is 13.3. The molecule has 8 heteroatoms. The summed E-state index contributed by atoms with van der Waals surface area (Å²) in [5.41, 5.74) is -1.25. The Morgan fingerprint density at radius 1 is 1.03 bits per heavy atom. The third-order valence-electron chi connectivity index (χ3n) is 5.31. The van der Waals surface area contributed by atoms with Gasteiger partial charge in [0.05, 0.1) is 23.0 Å². The maximum absolute atomic E-state index is 13.3. The first-order chi connectivity index (χ1) is 13.9. The molecule has 0 N–H and O–H groups in total. The van der Waals surface area contributed by atoms with Crippen molar-refractivity contribution in [2.45, 2.75) is 84.3 Å². The molecule has 0 aliphatic heterocycles.